The van der Waals surface area contributed by atoms with E-state index in [4.69, 9.17) is 35.4 Å². The van der Waals surface area contributed by atoms with E-state index in [0.29, 0.717) is 21.4 Å². The first-order valence-electron chi connectivity index (χ1n) is 8.96. The average molecular weight is 456 g/mol. The van der Waals surface area contributed by atoms with E-state index in [2.05, 4.69) is 5.32 Å². The van der Waals surface area contributed by atoms with Crippen molar-refractivity contribution in [2.24, 2.45) is 0 Å². The summed E-state index contributed by atoms with van der Waals surface area (Å²) < 4.78 is 1.85. The van der Waals surface area contributed by atoms with Crippen molar-refractivity contribution in [2.45, 2.75) is 6.92 Å². The standard InChI is InChI=1S/C22H15Cl2N3O2S/c1-13-4-7-17(12-19(13)24)27-21(29)18(20(28)25-22(27)30)11-16-3-2-10-26(16)15-8-5-14(23)6-9-15/h2-12H,1H3,(H,25,28,30)/b18-11+. The highest BCUT2D eigenvalue weighted by atomic mass is 35.5. The summed E-state index contributed by atoms with van der Waals surface area (Å²) in [6.07, 6.45) is 3.37. The summed E-state index contributed by atoms with van der Waals surface area (Å²) in [7, 11) is 0. The summed E-state index contributed by atoms with van der Waals surface area (Å²) in [6, 6.07) is 16.0. The summed E-state index contributed by atoms with van der Waals surface area (Å²) in [5.74, 6) is -1.07. The van der Waals surface area contributed by atoms with Gasteiger partial charge in [-0.25, -0.2) is 0 Å². The van der Waals surface area contributed by atoms with Crippen molar-refractivity contribution in [3.63, 3.8) is 0 Å². The molecule has 0 saturated carbocycles. The van der Waals surface area contributed by atoms with Gasteiger partial charge in [-0.3, -0.25) is 19.8 Å². The van der Waals surface area contributed by atoms with Crippen LogP contribution in [0.5, 0.6) is 0 Å². The third-order valence-electron chi connectivity index (χ3n) is 4.69. The second kappa shape index (κ2) is 8.07. The molecule has 8 heteroatoms. The summed E-state index contributed by atoms with van der Waals surface area (Å²) in [6.45, 7) is 1.86. The van der Waals surface area contributed by atoms with Crippen molar-refractivity contribution in [1.29, 1.82) is 0 Å². The van der Waals surface area contributed by atoms with Crippen LogP contribution in [0.1, 0.15) is 11.3 Å². The zero-order chi connectivity index (χ0) is 21.4. The Kier molecular flexibility index (Phi) is 5.47. The number of anilines is 1. The molecule has 3 aromatic rings. The van der Waals surface area contributed by atoms with Gasteiger partial charge in [0.1, 0.15) is 5.57 Å². The van der Waals surface area contributed by atoms with Crippen LogP contribution in [0, 0.1) is 6.92 Å². The first-order valence-corrected chi connectivity index (χ1v) is 10.1. The Morgan fingerprint density at radius 3 is 2.40 bits per heavy atom. The Hall–Kier alpha value is -2.93. The number of aryl methyl sites for hydroxylation is 1. The van der Waals surface area contributed by atoms with E-state index >= 15 is 0 Å². The zero-order valence-corrected chi connectivity index (χ0v) is 18.1. The Labute approximate surface area is 188 Å². The SMILES string of the molecule is Cc1ccc(N2C(=O)/C(=C/c3cccn3-c3ccc(Cl)cc3)C(=O)NC2=S)cc1Cl. The van der Waals surface area contributed by atoms with Gasteiger partial charge in [0.05, 0.1) is 5.69 Å². The van der Waals surface area contributed by atoms with Crippen LogP contribution in [0.2, 0.25) is 10.0 Å². The summed E-state index contributed by atoms with van der Waals surface area (Å²) in [5, 5.41) is 3.71. The molecule has 0 aliphatic carbocycles. The summed E-state index contributed by atoms with van der Waals surface area (Å²) in [4.78, 5) is 27.0. The highest BCUT2D eigenvalue weighted by Gasteiger charge is 2.34. The molecule has 2 aromatic carbocycles. The third-order valence-corrected chi connectivity index (χ3v) is 5.64. The van der Waals surface area contributed by atoms with E-state index in [1.807, 2.05) is 42.0 Å². The van der Waals surface area contributed by atoms with Gasteiger partial charge in [0.25, 0.3) is 11.8 Å². The van der Waals surface area contributed by atoms with Crippen LogP contribution in [0.3, 0.4) is 0 Å². The molecule has 0 radical (unpaired) electrons. The predicted octanol–water partition coefficient (Wildman–Crippen LogP) is 4.92. The van der Waals surface area contributed by atoms with Crippen molar-refractivity contribution in [3.05, 3.63) is 87.7 Å². The summed E-state index contributed by atoms with van der Waals surface area (Å²) >= 11 is 17.4. The molecular weight excluding hydrogens is 441 g/mol. The van der Waals surface area contributed by atoms with E-state index in [0.717, 1.165) is 11.3 Å². The molecule has 1 aliphatic rings. The van der Waals surface area contributed by atoms with Crippen LogP contribution < -0.4 is 10.2 Å². The fourth-order valence-electron chi connectivity index (χ4n) is 3.11. The van der Waals surface area contributed by atoms with Crippen molar-refractivity contribution in [2.75, 3.05) is 4.90 Å². The quantitative estimate of drug-likeness (QED) is 0.346. The lowest BCUT2D eigenvalue weighted by atomic mass is 10.1. The van der Waals surface area contributed by atoms with Crippen molar-refractivity contribution < 1.29 is 9.59 Å². The van der Waals surface area contributed by atoms with Gasteiger partial charge in [-0.1, -0.05) is 29.3 Å². The number of carbonyl (C=O) groups excluding carboxylic acids is 2. The van der Waals surface area contributed by atoms with Gasteiger partial charge in [-0.15, -0.1) is 0 Å². The molecule has 1 aliphatic heterocycles. The van der Waals surface area contributed by atoms with Gasteiger partial charge in [-0.2, -0.15) is 0 Å². The molecule has 4 rings (SSSR count). The van der Waals surface area contributed by atoms with Gasteiger partial charge in [-0.05, 0) is 79.3 Å². The second-order valence-electron chi connectivity index (χ2n) is 6.67. The van der Waals surface area contributed by atoms with Crippen molar-refractivity contribution in [1.82, 2.24) is 9.88 Å². The number of halogens is 2. The number of amides is 2. The van der Waals surface area contributed by atoms with E-state index in [1.165, 1.54) is 11.0 Å². The van der Waals surface area contributed by atoms with Crippen molar-refractivity contribution >= 4 is 64.1 Å². The molecule has 1 fully saturated rings. The maximum atomic E-state index is 13.2. The van der Waals surface area contributed by atoms with Crippen molar-refractivity contribution in [3.8, 4) is 5.69 Å². The first-order chi connectivity index (χ1) is 14.3. The van der Waals surface area contributed by atoms with E-state index in [1.54, 1.807) is 30.3 Å². The van der Waals surface area contributed by atoms with E-state index < -0.39 is 11.8 Å². The largest absolute Gasteiger partial charge is 0.317 e. The molecule has 0 unspecified atom stereocenters. The fraction of sp³-hybridized carbons (Fsp3) is 0.0455. The molecule has 5 nitrogen and oxygen atoms in total. The Morgan fingerprint density at radius 2 is 1.70 bits per heavy atom. The van der Waals surface area contributed by atoms with Gasteiger partial charge in [0.2, 0.25) is 0 Å². The number of nitrogens with zero attached hydrogens (tertiary/aromatic N) is 2. The molecule has 150 valence electrons. The predicted molar refractivity (Wildman–Crippen MR) is 123 cm³/mol. The molecule has 1 aromatic heterocycles. The topological polar surface area (TPSA) is 54.3 Å². The second-order valence-corrected chi connectivity index (χ2v) is 7.90. The maximum Gasteiger partial charge on any atom is 0.270 e. The minimum absolute atomic E-state index is 0.00940. The Bertz CT molecular complexity index is 1220. The number of thiocarbonyl (C=S) groups is 1. The number of nitrogens with one attached hydrogen (secondary N) is 1. The molecule has 2 amide bonds. The molecule has 30 heavy (non-hydrogen) atoms. The van der Waals surface area contributed by atoms with Crippen LogP contribution in [-0.2, 0) is 9.59 Å². The van der Waals surface area contributed by atoms with E-state index in [9.17, 15) is 9.59 Å². The lowest BCUT2D eigenvalue weighted by Crippen LogP contribution is -2.54. The maximum absolute atomic E-state index is 13.2. The normalized spacial score (nSPS) is 15.6. The minimum atomic E-state index is -0.552. The van der Waals surface area contributed by atoms with Gasteiger partial charge in [0, 0.05) is 27.6 Å². The van der Waals surface area contributed by atoms with Crippen LogP contribution in [0.15, 0.2) is 66.4 Å². The number of benzene rings is 2. The number of hydrogen-bond acceptors (Lipinski definition) is 3. The fourth-order valence-corrected chi connectivity index (χ4v) is 3.69. The Morgan fingerprint density at radius 1 is 1.00 bits per heavy atom. The lowest BCUT2D eigenvalue weighted by Gasteiger charge is -2.29. The molecule has 1 N–H and O–H groups in total. The summed E-state index contributed by atoms with van der Waals surface area (Å²) in [5.41, 5.74) is 2.83. The number of rotatable bonds is 3. The van der Waals surface area contributed by atoms with Gasteiger partial charge >= 0.3 is 0 Å². The third kappa shape index (κ3) is 3.77. The van der Waals surface area contributed by atoms with E-state index in [-0.39, 0.29) is 10.7 Å². The van der Waals surface area contributed by atoms with Crippen LogP contribution in [0.4, 0.5) is 5.69 Å². The Balaban J connectivity index is 1.74. The monoisotopic (exact) mass is 455 g/mol. The highest BCUT2D eigenvalue weighted by molar-refractivity contribution is 7.80. The molecular formula is C22H15Cl2N3O2S. The van der Waals surface area contributed by atoms with Crippen LogP contribution in [0.25, 0.3) is 11.8 Å². The van der Waals surface area contributed by atoms with Gasteiger partial charge in [0.15, 0.2) is 5.11 Å². The molecule has 2 heterocycles. The zero-order valence-electron chi connectivity index (χ0n) is 15.7. The minimum Gasteiger partial charge on any atom is -0.317 e. The van der Waals surface area contributed by atoms with Gasteiger partial charge < -0.3 is 4.57 Å². The van der Waals surface area contributed by atoms with Crippen LogP contribution in [-0.4, -0.2) is 21.5 Å². The number of hydrogen-bond donors (Lipinski definition) is 1. The molecule has 0 spiro atoms. The van der Waals surface area contributed by atoms with Crippen LogP contribution >= 0.6 is 35.4 Å². The average Bonchev–Trinajstić information content (AvgIpc) is 3.16. The molecule has 0 bridgehead atoms. The highest BCUT2D eigenvalue weighted by Crippen LogP contribution is 2.27. The smallest absolute Gasteiger partial charge is 0.270 e. The lowest BCUT2D eigenvalue weighted by molar-refractivity contribution is -0.122. The molecule has 1 saturated heterocycles. The first kappa shape index (κ1) is 20.3. The number of carbonyl (C=O) groups is 2. The number of aromatic nitrogens is 1. The molecule has 0 atom stereocenters.